The van der Waals surface area contributed by atoms with E-state index in [1.54, 1.807) is 36.4 Å². The zero-order valence-corrected chi connectivity index (χ0v) is 17.0. The molecule has 0 saturated heterocycles. The van der Waals surface area contributed by atoms with Gasteiger partial charge in [0, 0.05) is 11.8 Å². The van der Waals surface area contributed by atoms with Gasteiger partial charge in [0.1, 0.15) is 0 Å². The molecule has 0 atom stereocenters. The average Bonchev–Trinajstić information content (AvgIpc) is 3.24. The van der Waals surface area contributed by atoms with Crippen molar-refractivity contribution >= 4 is 60.6 Å². The maximum absolute atomic E-state index is 12.2. The summed E-state index contributed by atoms with van der Waals surface area (Å²) in [4.78, 5) is 16.7. The first-order valence-corrected chi connectivity index (χ1v) is 11.8. The molecule has 146 valence electrons. The summed E-state index contributed by atoms with van der Waals surface area (Å²) in [6.45, 7) is 0.182. The summed E-state index contributed by atoms with van der Waals surface area (Å²) in [7, 11) is -3.33. The van der Waals surface area contributed by atoms with Gasteiger partial charge in [-0.2, -0.15) is 0 Å². The minimum absolute atomic E-state index is 0.164. The Kier molecular flexibility index (Phi) is 5.04. The van der Waals surface area contributed by atoms with Crippen molar-refractivity contribution in [2.75, 3.05) is 28.8 Å². The van der Waals surface area contributed by atoms with Gasteiger partial charge in [-0.05, 0) is 30.3 Å². The first-order valence-electron chi connectivity index (χ1n) is 8.06. The number of anilines is 2. The van der Waals surface area contributed by atoms with Gasteiger partial charge in [-0.1, -0.05) is 11.8 Å². The first-order chi connectivity index (χ1) is 13.4. The quantitative estimate of drug-likeness (QED) is 0.571. The molecule has 0 fully saturated rings. The van der Waals surface area contributed by atoms with Crippen LogP contribution in [-0.2, 0) is 14.8 Å². The molecule has 3 aromatic rings. The highest BCUT2D eigenvalue weighted by Crippen LogP contribution is 2.35. The fraction of sp³-hybridized carbons (Fsp3) is 0.176. The molecule has 1 aromatic heterocycles. The lowest BCUT2D eigenvalue weighted by Crippen LogP contribution is -2.13. The Hall–Kier alpha value is -2.50. The van der Waals surface area contributed by atoms with Gasteiger partial charge >= 0.3 is 0 Å². The van der Waals surface area contributed by atoms with Crippen molar-refractivity contribution in [1.29, 1.82) is 0 Å². The second-order valence-corrected chi connectivity index (χ2v) is 9.94. The van der Waals surface area contributed by atoms with Gasteiger partial charge < -0.3 is 14.8 Å². The number of aromatic nitrogens is 1. The maximum atomic E-state index is 12.2. The highest BCUT2D eigenvalue weighted by atomic mass is 32.2. The number of amides is 1. The summed E-state index contributed by atoms with van der Waals surface area (Å²) in [5.41, 5.74) is 1.87. The Morgan fingerprint density at radius 3 is 2.79 bits per heavy atom. The number of thiazole rings is 1. The first kappa shape index (κ1) is 18.8. The number of carbonyl (C=O) groups excluding carboxylic acids is 1. The Labute approximate surface area is 169 Å². The largest absolute Gasteiger partial charge is 0.454 e. The standard InChI is InChI=1S/C17H15N3O5S3/c1-28(22,23)20-11-2-4-12-15(7-11)27-17(19-12)26-8-16(21)18-10-3-5-13-14(6-10)25-9-24-13/h2-7,20H,8-9H2,1H3,(H,18,21). The van der Waals surface area contributed by atoms with Crippen molar-refractivity contribution in [3.05, 3.63) is 36.4 Å². The second kappa shape index (κ2) is 7.49. The van der Waals surface area contributed by atoms with Crippen molar-refractivity contribution in [2.45, 2.75) is 4.34 Å². The van der Waals surface area contributed by atoms with Crippen molar-refractivity contribution in [1.82, 2.24) is 4.98 Å². The molecule has 0 saturated carbocycles. The van der Waals surface area contributed by atoms with Crippen LogP contribution in [0.4, 0.5) is 11.4 Å². The Bertz CT molecular complexity index is 1160. The Morgan fingerprint density at radius 1 is 1.18 bits per heavy atom. The molecule has 2 N–H and O–H groups in total. The molecule has 0 spiro atoms. The molecule has 0 bridgehead atoms. The number of benzene rings is 2. The van der Waals surface area contributed by atoms with Crippen molar-refractivity contribution in [2.24, 2.45) is 0 Å². The van der Waals surface area contributed by atoms with Gasteiger partial charge in [-0.3, -0.25) is 9.52 Å². The van der Waals surface area contributed by atoms with E-state index in [0.717, 1.165) is 20.8 Å². The van der Waals surface area contributed by atoms with Crippen LogP contribution in [0.2, 0.25) is 0 Å². The molecule has 1 aliphatic heterocycles. The van der Waals surface area contributed by atoms with Crippen molar-refractivity contribution in [3.8, 4) is 11.5 Å². The van der Waals surface area contributed by atoms with E-state index in [1.165, 1.54) is 23.1 Å². The monoisotopic (exact) mass is 437 g/mol. The Morgan fingerprint density at radius 2 is 1.96 bits per heavy atom. The van der Waals surface area contributed by atoms with E-state index < -0.39 is 10.0 Å². The van der Waals surface area contributed by atoms with Crippen LogP contribution in [0.25, 0.3) is 10.2 Å². The number of ether oxygens (including phenoxy) is 2. The van der Waals surface area contributed by atoms with Crippen molar-refractivity contribution < 1.29 is 22.7 Å². The average molecular weight is 438 g/mol. The van der Waals surface area contributed by atoms with Gasteiger partial charge in [0.05, 0.1) is 27.9 Å². The molecule has 28 heavy (non-hydrogen) atoms. The molecule has 4 rings (SSSR count). The van der Waals surface area contributed by atoms with E-state index in [9.17, 15) is 13.2 Å². The molecule has 1 aliphatic rings. The van der Waals surface area contributed by atoms with Crippen LogP contribution in [-0.4, -0.2) is 38.1 Å². The number of rotatable bonds is 6. The number of nitrogens with zero attached hydrogens (tertiary/aromatic N) is 1. The summed E-state index contributed by atoms with van der Waals surface area (Å²) in [5.74, 6) is 1.30. The third-order valence-electron chi connectivity index (χ3n) is 3.66. The second-order valence-electron chi connectivity index (χ2n) is 5.94. The smallest absolute Gasteiger partial charge is 0.234 e. The molecule has 0 aliphatic carbocycles. The fourth-order valence-electron chi connectivity index (χ4n) is 2.54. The topological polar surface area (TPSA) is 107 Å². The molecule has 2 aromatic carbocycles. The van der Waals surface area contributed by atoms with E-state index in [-0.39, 0.29) is 18.5 Å². The SMILES string of the molecule is CS(=O)(=O)Nc1ccc2nc(SCC(=O)Nc3ccc4c(c3)OCO4)sc2c1. The fourth-order valence-corrected chi connectivity index (χ4v) is 5.00. The maximum Gasteiger partial charge on any atom is 0.234 e. The lowest BCUT2D eigenvalue weighted by atomic mass is 10.3. The van der Waals surface area contributed by atoms with E-state index >= 15 is 0 Å². The lowest BCUT2D eigenvalue weighted by Gasteiger charge is -2.05. The summed E-state index contributed by atoms with van der Waals surface area (Å²) < 4.78 is 37.2. The van der Waals surface area contributed by atoms with E-state index in [2.05, 4.69) is 15.0 Å². The number of fused-ring (bicyclic) bond motifs is 2. The summed E-state index contributed by atoms with van der Waals surface area (Å²) in [6.07, 6.45) is 1.10. The predicted molar refractivity (Wildman–Crippen MR) is 110 cm³/mol. The molecular formula is C17H15N3O5S3. The normalized spacial score (nSPS) is 12.9. The third-order valence-corrected chi connectivity index (χ3v) is 6.42. The lowest BCUT2D eigenvalue weighted by molar-refractivity contribution is -0.113. The molecule has 2 heterocycles. The third kappa shape index (κ3) is 4.49. The number of nitrogens with one attached hydrogen (secondary N) is 2. The van der Waals surface area contributed by atoms with Crippen LogP contribution in [0.3, 0.4) is 0 Å². The number of hydrogen-bond acceptors (Lipinski definition) is 8. The predicted octanol–water partition coefficient (Wildman–Crippen LogP) is 3.13. The number of hydrogen-bond donors (Lipinski definition) is 2. The van der Waals surface area contributed by atoms with Gasteiger partial charge in [0.15, 0.2) is 15.8 Å². The zero-order valence-electron chi connectivity index (χ0n) is 14.6. The molecule has 1 amide bonds. The molecule has 0 unspecified atom stereocenters. The van der Waals surface area contributed by atoms with Gasteiger partial charge in [-0.15, -0.1) is 11.3 Å². The van der Waals surface area contributed by atoms with E-state index in [1.807, 2.05) is 0 Å². The number of carbonyl (C=O) groups is 1. The minimum Gasteiger partial charge on any atom is -0.454 e. The molecule has 0 radical (unpaired) electrons. The summed E-state index contributed by atoms with van der Waals surface area (Å²) in [5, 5.41) is 2.82. The summed E-state index contributed by atoms with van der Waals surface area (Å²) >= 11 is 2.72. The van der Waals surface area contributed by atoms with Crippen molar-refractivity contribution in [3.63, 3.8) is 0 Å². The van der Waals surface area contributed by atoms with Crippen LogP contribution < -0.4 is 19.5 Å². The number of thioether (sulfide) groups is 1. The summed E-state index contributed by atoms with van der Waals surface area (Å²) in [6, 6.07) is 10.4. The van der Waals surface area contributed by atoms with Crippen LogP contribution in [0, 0.1) is 0 Å². The highest BCUT2D eigenvalue weighted by Gasteiger charge is 2.15. The highest BCUT2D eigenvalue weighted by molar-refractivity contribution is 8.01. The molecular weight excluding hydrogens is 422 g/mol. The van der Waals surface area contributed by atoms with Gasteiger partial charge in [0.25, 0.3) is 0 Å². The number of sulfonamides is 1. The van der Waals surface area contributed by atoms with Gasteiger partial charge in [-0.25, -0.2) is 13.4 Å². The van der Waals surface area contributed by atoms with Crippen LogP contribution in [0.1, 0.15) is 0 Å². The molecule has 11 heteroatoms. The van der Waals surface area contributed by atoms with E-state index in [0.29, 0.717) is 22.9 Å². The minimum atomic E-state index is -3.33. The zero-order chi connectivity index (χ0) is 19.7. The van der Waals surface area contributed by atoms with Crippen LogP contribution in [0.5, 0.6) is 11.5 Å². The molecule has 8 nitrogen and oxygen atoms in total. The Balaban J connectivity index is 1.38. The van der Waals surface area contributed by atoms with Crippen LogP contribution >= 0.6 is 23.1 Å². The van der Waals surface area contributed by atoms with E-state index in [4.69, 9.17) is 9.47 Å². The van der Waals surface area contributed by atoms with Crippen LogP contribution in [0.15, 0.2) is 40.7 Å². The van der Waals surface area contributed by atoms with Gasteiger partial charge in [0.2, 0.25) is 22.7 Å².